The first-order valence-electron chi connectivity index (χ1n) is 6.60. The van der Waals surface area contributed by atoms with Crippen molar-refractivity contribution in [1.29, 1.82) is 0 Å². The highest BCUT2D eigenvalue weighted by molar-refractivity contribution is 7.89. The highest BCUT2D eigenvalue weighted by atomic mass is 32.2. The summed E-state index contributed by atoms with van der Waals surface area (Å²) in [5.41, 5.74) is 1.76. The van der Waals surface area contributed by atoms with Crippen molar-refractivity contribution in [1.82, 2.24) is 9.71 Å². The average Bonchev–Trinajstić information content (AvgIpc) is 2.87. The van der Waals surface area contributed by atoms with E-state index in [0.29, 0.717) is 9.75 Å². The monoisotopic (exact) mass is 326 g/mol. The largest absolute Gasteiger partial charge is 0.391 e. The van der Waals surface area contributed by atoms with Crippen molar-refractivity contribution in [2.45, 2.75) is 38.3 Å². The van der Waals surface area contributed by atoms with Gasteiger partial charge < -0.3 is 5.11 Å². The summed E-state index contributed by atoms with van der Waals surface area (Å²) in [5, 5.41) is 9.10. The zero-order valence-corrected chi connectivity index (χ0v) is 13.6. The number of aliphatic hydroxyl groups excluding tert-OH is 1. The molecular weight excluding hydrogens is 308 g/mol. The van der Waals surface area contributed by atoms with Gasteiger partial charge in [0.15, 0.2) is 0 Å². The fraction of sp³-hybridized carbons (Fsp3) is 0.357. The highest BCUT2D eigenvalue weighted by Crippen LogP contribution is 2.25. The van der Waals surface area contributed by atoms with Gasteiger partial charge in [-0.15, -0.1) is 11.3 Å². The Labute approximate surface area is 128 Å². The summed E-state index contributed by atoms with van der Waals surface area (Å²) in [6.07, 6.45) is 2.46. The van der Waals surface area contributed by atoms with E-state index < -0.39 is 10.0 Å². The molecule has 0 aromatic carbocycles. The number of hydrogen-bond acceptors (Lipinski definition) is 5. The lowest BCUT2D eigenvalue weighted by Gasteiger charge is -2.08. The van der Waals surface area contributed by atoms with Crippen LogP contribution in [0.1, 0.15) is 27.9 Å². The number of thiophene rings is 1. The number of aliphatic hydroxyl groups is 1. The molecule has 0 saturated carbocycles. The number of sulfonamides is 1. The predicted octanol–water partition coefficient (Wildman–Crippen LogP) is 1.98. The average molecular weight is 326 g/mol. The van der Waals surface area contributed by atoms with Crippen LogP contribution in [0.2, 0.25) is 0 Å². The molecule has 0 spiro atoms. The zero-order chi connectivity index (χ0) is 15.5. The van der Waals surface area contributed by atoms with Crippen molar-refractivity contribution < 1.29 is 13.5 Å². The van der Waals surface area contributed by atoms with Gasteiger partial charge in [0.1, 0.15) is 0 Å². The van der Waals surface area contributed by atoms with Crippen molar-refractivity contribution in [3.63, 3.8) is 0 Å². The standard InChI is InChI=1S/C14H18N2O3S2/c1-3-11-5-4-6-15-13(11)8-16-21(18,19)14-7-12(9-17)20-10(14)2/h4-7,16-17H,3,8-9H2,1-2H3. The summed E-state index contributed by atoms with van der Waals surface area (Å²) in [4.78, 5) is 5.76. The summed E-state index contributed by atoms with van der Waals surface area (Å²) < 4.78 is 27.3. The maximum Gasteiger partial charge on any atom is 0.242 e. The summed E-state index contributed by atoms with van der Waals surface area (Å²) in [7, 11) is -3.59. The Hall–Kier alpha value is -1.28. The van der Waals surface area contributed by atoms with Crippen molar-refractivity contribution >= 4 is 21.4 Å². The lowest BCUT2D eigenvalue weighted by atomic mass is 10.1. The van der Waals surface area contributed by atoms with Crippen LogP contribution in [0, 0.1) is 6.92 Å². The fourth-order valence-corrected chi connectivity index (χ4v) is 4.54. The van der Waals surface area contributed by atoms with E-state index in [1.807, 2.05) is 19.1 Å². The van der Waals surface area contributed by atoms with Crippen molar-refractivity contribution in [2.24, 2.45) is 0 Å². The summed E-state index contributed by atoms with van der Waals surface area (Å²) in [5.74, 6) is 0. The Bertz CT molecular complexity index is 724. The van der Waals surface area contributed by atoms with E-state index in [2.05, 4.69) is 9.71 Å². The normalized spacial score (nSPS) is 11.8. The molecule has 2 aromatic heterocycles. The third-order valence-corrected chi connectivity index (χ3v) is 5.86. The van der Waals surface area contributed by atoms with Gasteiger partial charge in [0.25, 0.3) is 0 Å². The first kappa shape index (κ1) is 16.1. The second-order valence-electron chi connectivity index (χ2n) is 4.58. The molecule has 0 atom stereocenters. The van der Waals surface area contributed by atoms with Gasteiger partial charge in [-0.05, 0) is 31.0 Å². The fourth-order valence-electron chi connectivity index (χ4n) is 2.06. The maximum absolute atomic E-state index is 12.3. The summed E-state index contributed by atoms with van der Waals surface area (Å²) in [6.45, 7) is 3.75. The van der Waals surface area contributed by atoms with E-state index >= 15 is 0 Å². The molecule has 2 N–H and O–H groups in total. The number of rotatable bonds is 6. The Morgan fingerprint density at radius 3 is 2.81 bits per heavy atom. The number of aromatic nitrogens is 1. The minimum absolute atomic E-state index is 0.152. The quantitative estimate of drug-likeness (QED) is 0.851. The molecule has 0 unspecified atom stereocenters. The molecule has 0 fully saturated rings. The zero-order valence-electron chi connectivity index (χ0n) is 12.0. The van der Waals surface area contributed by atoms with Gasteiger partial charge in [-0.2, -0.15) is 0 Å². The molecule has 2 heterocycles. The van der Waals surface area contributed by atoms with E-state index in [9.17, 15) is 8.42 Å². The first-order chi connectivity index (χ1) is 9.97. The maximum atomic E-state index is 12.3. The summed E-state index contributed by atoms with van der Waals surface area (Å²) in [6, 6.07) is 5.30. The molecule has 5 nitrogen and oxygen atoms in total. The van der Waals surface area contributed by atoms with Crippen LogP contribution < -0.4 is 4.72 Å². The van der Waals surface area contributed by atoms with Gasteiger partial charge in [-0.3, -0.25) is 4.98 Å². The van der Waals surface area contributed by atoms with Gasteiger partial charge in [-0.25, -0.2) is 13.1 Å². The van der Waals surface area contributed by atoms with E-state index in [-0.39, 0.29) is 18.0 Å². The van der Waals surface area contributed by atoms with Gasteiger partial charge in [-0.1, -0.05) is 13.0 Å². The number of hydrogen-bond donors (Lipinski definition) is 2. The first-order valence-corrected chi connectivity index (χ1v) is 8.90. The molecule has 2 aromatic rings. The molecule has 21 heavy (non-hydrogen) atoms. The lowest BCUT2D eigenvalue weighted by molar-refractivity contribution is 0.285. The Morgan fingerprint density at radius 1 is 1.43 bits per heavy atom. The molecule has 2 rings (SSSR count). The minimum atomic E-state index is -3.59. The van der Waals surface area contributed by atoms with Crippen molar-refractivity contribution in [3.05, 3.63) is 45.4 Å². The van der Waals surface area contributed by atoms with Crippen LogP contribution in [0.3, 0.4) is 0 Å². The molecule has 0 aliphatic carbocycles. The molecule has 0 radical (unpaired) electrons. The van der Waals surface area contributed by atoms with E-state index in [1.165, 1.54) is 17.4 Å². The van der Waals surface area contributed by atoms with Gasteiger partial charge in [0.2, 0.25) is 10.0 Å². The number of aryl methyl sites for hydroxylation is 2. The topological polar surface area (TPSA) is 79.3 Å². The van der Waals surface area contributed by atoms with Crippen LogP contribution >= 0.6 is 11.3 Å². The number of nitrogens with zero attached hydrogens (tertiary/aromatic N) is 1. The third kappa shape index (κ3) is 3.68. The molecule has 7 heteroatoms. The Balaban J connectivity index is 2.20. The van der Waals surface area contributed by atoms with Gasteiger partial charge in [0.05, 0.1) is 23.7 Å². The van der Waals surface area contributed by atoms with E-state index in [1.54, 1.807) is 13.1 Å². The SMILES string of the molecule is CCc1cccnc1CNS(=O)(=O)c1cc(CO)sc1C. The molecule has 0 aliphatic rings. The second-order valence-corrected chi connectivity index (χ2v) is 7.65. The molecular formula is C14H18N2O3S2. The van der Waals surface area contributed by atoms with E-state index in [4.69, 9.17) is 5.11 Å². The van der Waals surface area contributed by atoms with Crippen LogP contribution in [-0.4, -0.2) is 18.5 Å². The smallest absolute Gasteiger partial charge is 0.242 e. The number of pyridine rings is 1. The van der Waals surface area contributed by atoms with Crippen LogP contribution in [0.25, 0.3) is 0 Å². The Kier molecular flexibility index (Phi) is 5.10. The summed E-state index contributed by atoms with van der Waals surface area (Å²) >= 11 is 1.29. The lowest BCUT2D eigenvalue weighted by Crippen LogP contribution is -2.24. The third-order valence-electron chi connectivity index (χ3n) is 3.16. The molecule has 0 saturated heterocycles. The molecule has 0 aliphatic heterocycles. The van der Waals surface area contributed by atoms with Gasteiger partial charge in [0, 0.05) is 16.0 Å². The van der Waals surface area contributed by atoms with Crippen LogP contribution in [0.5, 0.6) is 0 Å². The van der Waals surface area contributed by atoms with Crippen molar-refractivity contribution in [3.8, 4) is 0 Å². The van der Waals surface area contributed by atoms with Gasteiger partial charge >= 0.3 is 0 Å². The van der Waals surface area contributed by atoms with E-state index in [0.717, 1.165) is 17.7 Å². The predicted molar refractivity (Wildman–Crippen MR) is 82.6 cm³/mol. The minimum Gasteiger partial charge on any atom is -0.391 e. The second kappa shape index (κ2) is 6.65. The Morgan fingerprint density at radius 2 is 2.19 bits per heavy atom. The van der Waals surface area contributed by atoms with Crippen LogP contribution in [-0.2, 0) is 29.6 Å². The molecule has 0 amide bonds. The number of nitrogens with one attached hydrogen (secondary N) is 1. The van der Waals surface area contributed by atoms with Crippen molar-refractivity contribution in [2.75, 3.05) is 0 Å². The highest BCUT2D eigenvalue weighted by Gasteiger charge is 2.20. The molecule has 114 valence electrons. The van der Waals surface area contributed by atoms with Crippen LogP contribution in [0.4, 0.5) is 0 Å². The van der Waals surface area contributed by atoms with Crippen LogP contribution in [0.15, 0.2) is 29.3 Å². The molecule has 0 bridgehead atoms.